The van der Waals surface area contributed by atoms with E-state index in [0.29, 0.717) is 12.3 Å². The average Bonchev–Trinajstić information content (AvgIpc) is 2.44. The summed E-state index contributed by atoms with van der Waals surface area (Å²) in [5.41, 5.74) is 6.66. The van der Waals surface area contributed by atoms with Gasteiger partial charge in [-0.25, -0.2) is 4.39 Å². The van der Waals surface area contributed by atoms with E-state index in [1.807, 2.05) is 12.1 Å². The number of thioether (sulfide) groups is 1. The Kier molecular flexibility index (Phi) is 5.29. The molecule has 0 fully saturated rings. The monoisotopic (exact) mass is 311 g/mol. The molecule has 0 spiro atoms. The van der Waals surface area contributed by atoms with Crippen molar-refractivity contribution in [3.05, 3.63) is 52.8 Å². The van der Waals surface area contributed by atoms with Crippen LogP contribution in [0.2, 0.25) is 5.02 Å². The van der Waals surface area contributed by atoms with E-state index in [0.717, 1.165) is 16.2 Å². The molecule has 0 saturated heterocycles. The van der Waals surface area contributed by atoms with Gasteiger partial charge < -0.3 is 10.5 Å². The van der Waals surface area contributed by atoms with E-state index in [-0.39, 0.29) is 10.8 Å². The lowest BCUT2D eigenvalue weighted by Crippen LogP contribution is -2.02. The molecule has 0 unspecified atom stereocenters. The zero-order chi connectivity index (χ0) is 14.5. The molecule has 106 valence electrons. The van der Waals surface area contributed by atoms with Crippen LogP contribution in [0.15, 0.2) is 41.3 Å². The molecule has 5 heteroatoms. The van der Waals surface area contributed by atoms with Gasteiger partial charge in [0, 0.05) is 17.0 Å². The van der Waals surface area contributed by atoms with Gasteiger partial charge in [-0.1, -0.05) is 30.7 Å². The molecule has 0 radical (unpaired) electrons. The topological polar surface area (TPSA) is 35.2 Å². The highest BCUT2D eigenvalue weighted by molar-refractivity contribution is 7.99. The maximum atomic E-state index is 13.9. The van der Waals surface area contributed by atoms with Crippen LogP contribution in [0.5, 0.6) is 11.5 Å². The molecular formula is C15H15ClFNOS. The van der Waals surface area contributed by atoms with Gasteiger partial charge in [-0.15, -0.1) is 11.8 Å². The van der Waals surface area contributed by atoms with Crippen molar-refractivity contribution in [2.24, 2.45) is 5.73 Å². The Hall–Kier alpha value is -1.23. The summed E-state index contributed by atoms with van der Waals surface area (Å²) in [5, 5.41) is 0.0379. The molecule has 2 nitrogen and oxygen atoms in total. The summed E-state index contributed by atoms with van der Waals surface area (Å²) in [6.07, 6.45) is 0. The minimum absolute atomic E-state index is 0.0379. The van der Waals surface area contributed by atoms with E-state index >= 15 is 0 Å². The van der Waals surface area contributed by atoms with Gasteiger partial charge in [0.15, 0.2) is 11.6 Å². The fraction of sp³-hybridized carbons (Fsp3) is 0.200. The molecule has 2 aromatic carbocycles. The third-order valence-electron chi connectivity index (χ3n) is 2.73. The van der Waals surface area contributed by atoms with Crippen molar-refractivity contribution in [2.45, 2.75) is 18.4 Å². The zero-order valence-electron chi connectivity index (χ0n) is 11.0. The summed E-state index contributed by atoms with van der Waals surface area (Å²) in [6.45, 7) is 2.40. The van der Waals surface area contributed by atoms with Gasteiger partial charge in [0.1, 0.15) is 5.75 Å². The molecule has 0 bridgehead atoms. The van der Waals surface area contributed by atoms with Crippen LogP contribution in [-0.4, -0.2) is 5.75 Å². The van der Waals surface area contributed by atoms with Gasteiger partial charge in [-0.3, -0.25) is 0 Å². The molecule has 2 aromatic rings. The molecule has 0 aliphatic heterocycles. The molecule has 20 heavy (non-hydrogen) atoms. The van der Waals surface area contributed by atoms with E-state index in [9.17, 15) is 4.39 Å². The molecule has 0 amide bonds. The average molecular weight is 312 g/mol. The smallest absolute Gasteiger partial charge is 0.184 e. The van der Waals surface area contributed by atoms with E-state index in [4.69, 9.17) is 22.1 Å². The van der Waals surface area contributed by atoms with E-state index in [1.165, 1.54) is 6.07 Å². The minimum atomic E-state index is -0.564. The lowest BCUT2D eigenvalue weighted by Gasteiger charge is -2.14. The quantitative estimate of drug-likeness (QED) is 0.802. The Morgan fingerprint density at radius 1 is 1.20 bits per heavy atom. The number of rotatable bonds is 5. The van der Waals surface area contributed by atoms with Crippen molar-refractivity contribution in [1.29, 1.82) is 0 Å². The van der Waals surface area contributed by atoms with Crippen LogP contribution in [0, 0.1) is 5.82 Å². The van der Waals surface area contributed by atoms with E-state index < -0.39 is 5.82 Å². The molecule has 2 N–H and O–H groups in total. The highest BCUT2D eigenvalue weighted by Crippen LogP contribution is 2.34. The highest BCUT2D eigenvalue weighted by Gasteiger charge is 2.13. The normalized spacial score (nSPS) is 10.6. The number of halogens is 2. The van der Waals surface area contributed by atoms with E-state index in [2.05, 4.69) is 6.92 Å². The van der Waals surface area contributed by atoms with Crippen molar-refractivity contribution in [3.8, 4) is 11.5 Å². The first kappa shape index (κ1) is 15.2. The Labute approximate surface area is 127 Å². The van der Waals surface area contributed by atoms with Gasteiger partial charge in [0.05, 0.1) is 5.02 Å². The first-order valence-electron chi connectivity index (χ1n) is 6.24. The molecule has 0 heterocycles. The molecule has 2 rings (SSSR count). The number of ether oxygens (including phenoxy) is 1. The Balaban J connectivity index is 2.38. The molecule has 0 saturated carbocycles. The summed E-state index contributed by atoms with van der Waals surface area (Å²) in [5.74, 6) is 1.03. The number of hydrogen-bond acceptors (Lipinski definition) is 3. The summed E-state index contributed by atoms with van der Waals surface area (Å²) >= 11 is 7.43. The number of hydrogen-bond donors (Lipinski definition) is 1. The van der Waals surface area contributed by atoms with Crippen LogP contribution in [0.3, 0.4) is 0 Å². The van der Waals surface area contributed by atoms with Crippen molar-refractivity contribution in [3.63, 3.8) is 0 Å². The Bertz CT molecular complexity index is 606. The van der Waals surface area contributed by atoms with Gasteiger partial charge in [-0.2, -0.15) is 0 Å². The van der Waals surface area contributed by atoms with Crippen molar-refractivity contribution in [1.82, 2.24) is 0 Å². The lowest BCUT2D eigenvalue weighted by molar-refractivity contribution is 0.436. The fourth-order valence-electron chi connectivity index (χ4n) is 1.81. The standard InChI is InChI=1S/C15H15ClFNOS/c1-2-20-14-8-4-6-12(10(14)9-18)19-13-7-3-5-11(16)15(13)17/h3-8H,2,9,18H2,1H3. The summed E-state index contributed by atoms with van der Waals surface area (Å²) < 4.78 is 19.5. The summed E-state index contributed by atoms with van der Waals surface area (Å²) in [7, 11) is 0. The second-order valence-corrected chi connectivity index (χ2v) is 5.74. The van der Waals surface area contributed by atoms with Crippen molar-refractivity contribution in [2.75, 3.05) is 5.75 Å². The Morgan fingerprint density at radius 3 is 2.60 bits per heavy atom. The zero-order valence-corrected chi connectivity index (χ0v) is 12.6. The predicted molar refractivity (Wildman–Crippen MR) is 82.2 cm³/mol. The first-order chi connectivity index (χ1) is 9.67. The van der Waals surface area contributed by atoms with Crippen LogP contribution < -0.4 is 10.5 Å². The molecule has 0 aliphatic carbocycles. The van der Waals surface area contributed by atoms with Gasteiger partial charge in [0.2, 0.25) is 0 Å². The predicted octanol–water partition coefficient (Wildman–Crippen LogP) is 4.84. The van der Waals surface area contributed by atoms with Crippen LogP contribution in [-0.2, 0) is 6.54 Å². The molecule has 0 aromatic heterocycles. The third kappa shape index (κ3) is 3.26. The van der Waals surface area contributed by atoms with Crippen LogP contribution in [0.1, 0.15) is 12.5 Å². The largest absolute Gasteiger partial charge is 0.454 e. The van der Waals surface area contributed by atoms with Gasteiger partial charge >= 0.3 is 0 Å². The SMILES string of the molecule is CCSc1cccc(Oc2cccc(Cl)c2F)c1CN. The maximum absolute atomic E-state index is 13.9. The Morgan fingerprint density at radius 2 is 1.90 bits per heavy atom. The third-order valence-corrected chi connectivity index (χ3v) is 4.00. The van der Waals surface area contributed by atoms with Crippen LogP contribution in [0.4, 0.5) is 4.39 Å². The highest BCUT2D eigenvalue weighted by atomic mass is 35.5. The molecule has 0 atom stereocenters. The summed E-state index contributed by atoms with van der Waals surface area (Å²) in [4.78, 5) is 1.05. The molecular weight excluding hydrogens is 297 g/mol. The number of benzene rings is 2. The van der Waals surface area contributed by atoms with Crippen molar-refractivity contribution < 1.29 is 9.13 Å². The van der Waals surface area contributed by atoms with Gasteiger partial charge in [-0.05, 0) is 30.0 Å². The van der Waals surface area contributed by atoms with Crippen LogP contribution in [0.25, 0.3) is 0 Å². The lowest BCUT2D eigenvalue weighted by atomic mass is 10.2. The first-order valence-corrected chi connectivity index (χ1v) is 7.60. The maximum Gasteiger partial charge on any atom is 0.184 e. The van der Waals surface area contributed by atoms with E-state index in [1.54, 1.807) is 30.0 Å². The van der Waals surface area contributed by atoms with Crippen molar-refractivity contribution >= 4 is 23.4 Å². The van der Waals surface area contributed by atoms with Gasteiger partial charge in [0.25, 0.3) is 0 Å². The van der Waals surface area contributed by atoms with Crippen LogP contribution >= 0.6 is 23.4 Å². The fourth-order valence-corrected chi connectivity index (χ4v) is 2.82. The summed E-state index contributed by atoms with van der Waals surface area (Å²) in [6, 6.07) is 10.3. The second kappa shape index (κ2) is 6.97. The number of nitrogens with two attached hydrogens (primary N) is 1. The second-order valence-electron chi connectivity index (χ2n) is 4.02. The minimum Gasteiger partial charge on any atom is -0.454 e. The molecule has 0 aliphatic rings.